The van der Waals surface area contributed by atoms with Crippen LogP contribution in [0.15, 0.2) is 121 Å². The molecule has 0 aromatic heterocycles. The van der Waals surface area contributed by atoms with Gasteiger partial charge in [-0.1, -0.05) is 80.3 Å². The summed E-state index contributed by atoms with van der Waals surface area (Å²) in [6.45, 7) is 9.63. The summed E-state index contributed by atoms with van der Waals surface area (Å²) in [5, 5.41) is 3.60. The lowest BCUT2D eigenvalue weighted by atomic mass is 10.0. The molecule has 0 bridgehead atoms. The lowest BCUT2D eigenvalue weighted by molar-refractivity contribution is 0.638. The second-order valence-corrected chi connectivity index (χ2v) is 11.7. The monoisotopic (exact) mass is 582 g/mol. The fourth-order valence-electron chi connectivity index (χ4n) is 5.57. The summed E-state index contributed by atoms with van der Waals surface area (Å²) >= 11 is 0. The zero-order valence-corrected chi connectivity index (χ0v) is 26.6. The molecule has 0 aliphatic heterocycles. The first kappa shape index (κ1) is 30.9. The van der Waals surface area contributed by atoms with Gasteiger partial charge in [-0.25, -0.2) is 0 Å². The van der Waals surface area contributed by atoms with Crippen LogP contribution in [-0.4, -0.2) is 6.54 Å². The smallest absolute Gasteiger partial charge is 0.0482 e. The fraction of sp³-hybridized carbons (Fsp3) is 0.250. The molecular weight excluding hydrogens is 536 g/mol. The molecule has 0 radical (unpaired) electrons. The molecular formula is C40H46N4. The van der Waals surface area contributed by atoms with Gasteiger partial charge in [-0.15, -0.1) is 0 Å². The minimum atomic E-state index is 0.0255. The molecule has 5 aromatic carbocycles. The summed E-state index contributed by atoms with van der Waals surface area (Å²) in [5.74, 6) is 0. The van der Waals surface area contributed by atoms with Gasteiger partial charge in [0.05, 0.1) is 0 Å². The molecule has 0 aliphatic rings. The van der Waals surface area contributed by atoms with Gasteiger partial charge >= 0.3 is 0 Å². The zero-order valence-electron chi connectivity index (χ0n) is 26.6. The molecule has 5 rings (SSSR count). The number of nitrogens with one attached hydrogen (secondary N) is 1. The van der Waals surface area contributed by atoms with Gasteiger partial charge in [0.15, 0.2) is 0 Å². The van der Waals surface area contributed by atoms with E-state index in [0.29, 0.717) is 0 Å². The Bertz CT molecular complexity index is 1610. The standard InChI is InChI=1S/C40H46N4/c1-5-7-27-42-33-12-9-14-39(29-33)44(35-21-17-31(4)18-22-35)37-25-23-36(24-26-37)43(34-19-15-30(3)16-20-34)38-13-8-11-32(28-38)40(41)10-6-2/h8-9,11-26,28-29,40,42H,5-7,10,27,41H2,1-4H3. The molecule has 0 amide bonds. The van der Waals surface area contributed by atoms with Crippen LogP contribution in [0.25, 0.3) is 0 Å². The van der Waals surface area contributed by atoms with Gasteiger partial charge in [0.25, 0.3) is 0 Å². The SMILES string of the molecule is CCCCNc1cccc(N(c2ccc(C)cc2)c2ccc(N(c3ccc(C)cc3)c3cccc(C(N)CCC)c3)cc2)c1. The molecule has 0 saturated heterocycles. The molecule has 226 valence electrons. The fourth-order valence-corrected chi connectivity index (χ4v) is 5.57. The Hall–Kier alpha value is -4.54. The van der Waals surface area contributed by atoms with Crippen molar-refractivity contribution in [2.75, 3.05) is 21.7 Å². The first-order chi connectivity index (χ1) is 21.5. The van der Waals surface area contributed by atoms with Crippen LogP contribution in [0.4, 0.5) is 39.8 Å². The Morgan fingerprint density at radius 3 is 1.55 bits per heavy atom. The van der Waals surface area contributed by atoms with Crippen molar-refractivity contribution in [3.8, 4) is 0 Å². The highest BCUT2D eigenvalue weighted by Gasteiger charge is 2.17. The molecule has 0 aliphatic carbocycles. The molecule has 44 heavy (non-hydrogen) atoms. The summed E-state index contributed by atoms with van der Waals surface area (Å²) in [6.07, 6.45) is 4.35. The van der Waals surface area contributed by atoms with Gasteiger partial charge in [0.2, 0.25) is 0 Å². The number of nitrogens with zero attached hydrogens (tertiary/aromatic N) is 2. The summed E-state index contributed by atoms with van der Waals surface area (Å²) in [5.41, 5.74) is 18.0. The van der Waals surface area contributed by atoms with Crippen molar-refractivity contribution < 1.29 is 0 Å². The summed E-state index contributed by atoms with van der Waals surface area (Å²) < 4.78 is 0. The van der Waals surface area contributed by atoms with Crippen LogP contribution in [0.3, 0.4) is 0 Å². The highest BCUT2D eigenvalue weighted by molar-refractivity contribution is 5.82. The Morgan fingerprint density at radius 1 is 0.568 bits per heavy atom. The van der Waals surface area contributed by atoms with E-state index in [4.69, 9.17) is 5.73 Å². The Labute approximate surface area is 264 Å². The quantitative estimate of drug-likeness (QED) is 0.136. The number of aryl methyl sites for hydroxylation is 2. The van der Waals surface area contributed by atoms with Crippen LogP contribution < -0.4 is 20.9 Å². The molecule has 0 fully saturated rings. The van der Waals surface area contributed by atoms with E-state index in [0.717, 1.165) is 71.2 Å². The van der Waals surface area contributed by atoms with Crippen molar-refractivity contribution in [2.24, 2.45) is 5.73 Å². The van der Waals surface area contributed by atoms with Crippen molar-refractivity contribution in [2.45, 2.75) is 59.4 Å². The minimum Gasteiger partial charge on any atom is -0.385 e. The summed E-state index contributed by atoms with van der Waals surface area (Å²) in [7, 11) is 0. The van der Waals surface area contributed by atoms with Crippen LogP contribution >= 0.6 is 0 Å². The Balaban J connectivity index is 1.55. The van der Waals surface area contributed by atoms with Crippen molar-refractivity contribution in [1.82, 2.24) is 0 Å². The maximum absolute atomic E-state index is 6.56. The van der Waals surface area contributed by atoms with E-state index in [2.05, 4.69) is 164 Å². The van der Waals surface area contributed by atoms with Crippen molar-refractivity contribution in [3.63, 3.8) is 0 Å². The Morgan fingerprint density at radius 2 is 1.05 bits per heavy atom. The van der Waals surface area contributed by atoms with Crippen molar-refractivity contribution in [3.05, 3.63) is 138 Å². The summed E-state index contributed by atoms with van der Waals surface area (Å²) in [6, 6.07) is 43.8. The first-order valence-corrected chi connectivity index (χ1v) is 16.0. The maximum atomic E-state index is 6.56. The van der Waals surface area contributed by atoms with Gasteiger partial charge < -0.3 is 20.9 Å². The number of hydrogen-bond donors (Lipinski definition) is 2. The maximum Gasteiger partial charge on any atom is 0.0482 e. The van der Waals surface area contributed by atoms with Crippen LogP contribution in [0.1, 0.15) is 62.3 Å². The minimum absolute atomic E-state index is 0.0255. The van der Waals surface area contributed by atoms with E-state index >= 15 is 0 Å². The predicted molar refractivity (Wildman–Crippen MR) is 191 cm³/mol. The number of nitrogens with two attached hydrogens (primary N) is 1. The van der Waals surface area contributed by atoms with Crippen LogP contribution in [0.2, 0.25) is 0 Å². The van der Waals surface area contributed by atoms with Crippen molar-refractivity contribution >= 4 is 39.8 Å². The van der Waals surface area contributed by atoms with Crippen LogP contribution in [0, 0.1) is 13.8 Å². The van der Waals surface area contributed by atoms with E-state index in [1.807, 2.05) is 0 Å². The number of benzene rings is 5. The highest BCUT2D eigenvalue weighted by atomic mass is 15.2. The Kier molecular flexibility index (Phi) is 10.4. The van der Waals surface area contributed by atoms with E-state index < -0.39 is 0 Å². The normalized spacial score (nSPS) is 11.7. The zero-order chi connectivity index (χ0) is 30.9. The molecule has 0 heterocycles. The molecule has 4 heteroatoms. The van der Waals surface area contributed by atoms with Gasteiger partial charge in [-0.3, -0.25) is 0 Å². The number of unbranched alkanes of at least 4 members (excludes halogenated alkanes) is 1. The largest absolute Gasteiger partial charge is 0.385 e. The van der Waals surface area contributed by atoms with E-state index in [1.165, 1.54) is 17.5 Å². The molecule has 4 nitrogen and oxygen atoms in total. The lowest BCUT2D eigenvalue weighted by Crippen LogP contribution is -2.14. The van der Waals surface area contributed by atoms with E-state index in [-0.39, 0.29) is 6.04 Å². The van der Waals surface area contributed by atoms with Crippen LogP contribution in [-0.2, 0) is 0 Å². The second kappa shape index (κ2) is 14.8. The summed E-state index contributed by atoms with van der Waals surface area (Å²) in [4.78, 5) is 4.65. The average Bonchev–Trinajstić information content (AvgIpc) is 3.04. The number of rotatable bonds is 13. The molecule has 0 spiro atoms. The number of hydrogen-bond acceptors (Lipinski definition) is 4. The third-order valence-electron chi connectivity index (χ3n) is 8.07. The van der Waals surface area contributed by atoms with Gasteiger partial charge in [0.1, 0.15) is 0 Å². The van der Waals surface area contributed by atoms with Crippen LogP contribution in [0.5, 0.6) is 0 Å². The van der Waals surface area contributed by atoms with Crippen molar-refractivity contribution in [1.29, 1.82) is 0 Å². The average molecular weight is 583 g/mol. The third kappa shape index (κ3) is 7.50. The topological polar surface area (TPSA) is 44.5 Å². The molecule has 0 saturated carbocycles. The molecule has 3 N–H and O–H groups in total. The van der Waals surface area contributed by atoms with E-state index in [9.17, 15) is 0 Å². The van der Waals surface area contributed by atoms with Gasteiger partial charge in [-0.2, -0.15) is 0 Å². The highest BCUT2D eigenvalue weighted by Crippen LogP contribution is 2.40. The number of anilines is 7. The molecule has 1 unspecified atom stereocenters. The third-order valence-corrected chi connectivity index (χ3v) is 8.07. The first-order valence-electron chi connectivity index (χ1n) is 16.0. The van der Waals surface area contributed by atoms with Gasteiger partial charge in [-0.05, 0) is 111 Å². The van der Waals surface area contributed by atoms with Gasteiger partial charge in [0, 0.05) is 52.4 Å². The lowest BCUT2D eigenvalue weighted by Gasteiger charge is -2.29. The van der Waals surface area contributed by atoms with E-state index in [1.54, 1.807) is 0 Å². The molecule has 1 atom stereocenters. The second-order valence-electron chi connectivity index (χ2n) is 11.7. The molecule has 5 aromatic rings. The predicted octanol–water partition coefficient (Wildman–Crippen LogP) is 11.3.